The fourth-order valence-electron chi connectivity index (χ4n) is 4.40. The minimum atomic E-state index is -0.655. The van der Waals surface area contributed by atoms with Crippen LogP contribution in [-0.4, -0.2) is 30.9 Å². The fraction of sp³-hybridized carbons (Fsp3) is 0.179. The van der Waals surface area contributed by atoms with E-state index in [0.29, 0.717) is 17.6 Å². The third-order valence-corrected chi connectivity index (χ3v) is 6.38. The molecule has 0 fully saturated rings. The number of carbonyl (C=O) groups excluding carboxylic acids is 1. The molecule has 0 aliphatic heterocycles. The molecule has 2 aromatic heterocycles. The van der Waals surface area contributed by atoms with Crippen LogP contribution in [0.1, 0.15) is 47.3 Å². The van der Waals surface area contributed by atoms with Gasteiger partial charge in [0.2, 0.25) is 17.6 Å². The number of aryl methyl sites for hydroxylation is 2. The lowest BCUT2D eigenvalue weighted by atomic mass is 9.75. The van der Waals surface area contributed by atoms with E-state index in [1.165, 1.54) is 0 Å². The van der Waals surface area contributed by atoms with Crippen LogP contribution in [0.4, 0.5) is 0 Å². The summed E-state index contributed by atoms with van der Waals surface area (Å²) in [5.41, 5.74) is 11.0. The molecule has 1 amide bonds. The lowest BCUT2D eigenvalue weighted by Crippen LogP contribution is -2.20. The van der Waals surface area contributed by atoms with Gasteiger partial charge in [-0.05, 0) is 47.4 Å². The Labute approximate surface area is 208 Å². The second-order valence-electron chi connectivity index (χ2n) is 9.18. The van der Waals surface area contributed by atoms with Crippen LogP contribution in [0.2, 0.25) is 0 Å². The molecule has 0 spiro atoms. The zero-order chi connectivity index (χ0) is 25.4. The summed E-state index contributed by atoms with van der Waals surface area (Å²) in [5, 5.41) is 12.6. The molecule has 0 unspecified atom stereocenters. The van der Waals surface area contributed by atoms with E-state index in [1.807, 2.05) is 42.5 Å². The van der Waals surface area contributed by atoms with Crippen LogP contribution in [0.15, 0.2) is 77.2 Å². The third kappa shape index (κ3) is 4.17. The molecule has 180 valence electrons. The molecule has 0 aliphatic rings. The van der Waals surface area contributed by atoms with Crippen LogP contribution < -0.4 is 5.73 Å². The monoisotopic (exact) mass is 478 g/mol. The van der Waals surface area contributed by atoms with Gasteiger partial charge in [0.25, 0.3) is 5.91 Å². The van der Waals surface area contributed by atoms with Gasteiger partial charge in [-0.1, -0.05) is 68.4 Å². The van der Waals surface area contributed by atoms with E-state index in [0.717, 1.165) is 33.5 Å². The van der Waals surface area contributed by atoms with Crippen LogP contribution in [0.5, 0.6) is 0 Å². The van der Waals surface area contributed by atoms with E-state index in [9.17, 15) is 4.79 Å². The Morgan fingerprint density at radius 1 is 0.917 bits per heavy atom. The highest BCUT2D eigenvalue weighted by atomic mass is 16.4. The Morgan fingerprint density at radius 2 is 1.64 bits per heavy atom. The fourth-order valence-corrected chi connectivity index (χ4v) is 4.40. The first-order valence-electron chi connectivity index (χ1n) is 11.6. The summed E-state index contributed by atoms with van der Waals surface area (Å²) in [6, 6.07) is 24.6. The van der Waals surface area contributed by atoms with Gasteiger partial charge in [0, 0.05) is 17.9 Å². The minimum absolute atomic E-state index is 0.00472. The summed E-state index contributed by atoms with van der Waals surface area (Å²) >= 11 is 0. The number of nitrogens with zero attached hydrogens (tertiary/aromatic N) is 5. The first-order valence-corrected chi connectivity index (χ1v) is 11.6. The predicted octanol–water partition coefficient (Wildman–Crippen LogP) is 5.03. The average molecular weight is 479 g/mol. The van der Waals surface area contributed by atoms with Crippen molar-refractivity contribution in [2.75, 3.05) is 0 Å². The standard InChI is InChI=1S/C28H26N6O2/c1-17-30-26(25(29)35)33-34(17)22-13-11-21(12-14-22)28(3,4)24-15-10-20(19-8-6-5-7-9-19)16-23(24)27-32-31-18(2)36-27/h5-16H,1-4H3,(H2,29,35). The van der Waals surface area contributed by atoms with Crippen molar-refractivity contribution in [1.82, 2.24) is 25.0 Å². The summed E-state index contributed by atoms with van der Waals surface area (Å²) in [5.74, 6) is 0.928. The van der Waals surface area contributed by atoms with Gasteiger partial charge in [-0.3, -0.25) is 4.79 Å². The Bertz CT molecular complexity index is 1550. The van der Waals surface area contributed by atoms with Crippen LogP contribution >= 0.6 is 0 Å². The molecule has 0 aliphatic carbocycles. The van der Waals surface area contributed by atoms with Gasteiger partial charge < -0.3 is 10.2 Å². The molecule has 0 saturated carbocycles. The Balaban J connectivity index is 1.57. The molecule has 36 heavy (non-hydrogen) atoms. The maximum atomic E-state index is 11.5. The summed E-state index contributed by atoms with van der Waals surface area (Å²) in [7, 11) is 0. The van der Waals surface area contributed by atoms with Gasteiger partial charge in [-0.2, -0.15) is 0 Å². The van der Waals surface area contributed by atoms with Crippen LogP contribution in [0, 0.1) is 13.8 Å². The lowest BCUT2D eigenvalue weighted by Gasteiger charge is -2.28. The van der Waals surface area contributed by atoms with Crippen molar-refractivity contribution in [3.05, 3.63) is 101 Å². The Hall–Kier alpha value is -4.59. The maximum absolute atomic E-state index is 11.5. The summed E-state index contributed by atoms with van der Waals surface area (Å²) in [6.45, 7) is 7.90. The normalized spacial score (nSPS) is 11.6. The summed E-state index contributed by atoms with van der Waals surface area (Å²) < 4.78 is 7.47. The Kier molecular flexibility index (Phi) is 5.72. The molecule has 3 aromatic carbocycles. The largest absolute Gasteiger partial charge is 0.421 e. The molecule has 0 bridgehead atoms. The van der Waals surface area contributed by atoms with Crippen LogP contribution in [-0.2, 0) is 5.41 Å². The van der Waals surface area contributed by atoms with E-state index < -0.39 is 5.91 Å². The SMILES string of the molecule is Cc1nnc(-c2cc(-c3ccccc3)ccc2C(C)(C)c2ccc(-n3nc(C(N)=O)nc3C)cc2)o1. The first kappa shape index (κ1) is 23.2. The van der Waals surface area contributed by atoms with Crippen molar-refractivity contribution in [3.63, 3.8) is 0 Å². The van der Waals surface area contributed by atoms with Gasteiger partial charge in [0.1, 0.15) is 5.82 Å². The zero-order valence-electron chi connectivity index (χ0n) is 20.6. The van der Waals surface area contributed by atoms with Gasteiger partial charge in [0.05, 0.1) is 5.69 Å². The lowest BCUT2D eigenvalue weighted by molar-refractivity contribution is 0.0990. The molecular weight excluding hydrogens is 452 g/mol. The van der Waals surface area contributed by atoms with Gasteiger partial charge in [0.15, 0.2) is 0 Å². The number of amides is 1. The van der Waals surface area contributed by atoms with Crippen molar-refractivity contribution in [1.29, 1.82) is 0 Å². The highest BCUT2D eigenvalue weighted by molar-refractivity contribution is 5.88. The van der Waals surface area contributed by atoms with E-state index in [1.54, 1.807) is 18.5 Å². The predicted molar refractivity (Wildman–Crippen MR) is 137 cm³/mol. The number of rotatable bonds is 6. The molecule has 5 aromatic rings. The summed E-state index contributed by atoms with van der Waals surface area (Å²) in [6.07, 6.45) is 0. The number of carbonyl (C=O) groups is 1. The van der Waals surface area contributed by atoms with Crippen molar-refractivity contribution < 1.29 is 9.21 Å². The molecule has 0 radical (unpaired) electrons. The summed E-state index contributed by atoms with van der Waals surface area (Å²) in [4.78, 5) is 15.6. The number of aromatic nitrogens is 5. The number of benzene rings is 3. The van der Waals surface area contributed by atoms with Crippen molar-refractivity contribution in [2.45, 2.75) is 33.1 Å². The number of nitrogens with two attached hydrogens (primary N) is 1. The van der Waals surface area contributed by atoms with Crippen LogP contribution in [0.3, 0.4) is 0 Å². The minimum Gasteiger partial charge on any atom is -0.421 e. The topological polar surface area (TPSA) is 113 Å². The third-order valence-electron chi connectivity index (χ3n) is 6.38. The van der Waals surface area contributed by atoms with Crippen molar-refractivity contribution in [3.8, 4) is 28.3 Å². The van der Waals surface area contributed by atoms with E-state index in [-0.39, 0.29) is 11.2 Å². The van der Waals surface area contributed by atoms with Crippen molar-refractivity contribution >= 4 is 5.91 Å². The molecule has 2 heterocycles. The van der Waals surface area contributed by atoms with Crippen LogP contribution in [0.25, 0.3) is 28.3 Å². The van der Waals surface area contributed by atoms with Crippen molar-refractivity contribution in [2.24, 2.45) is 5.73 Å². The van der Waals surface area contributed by atoms with Gasteiger partial charge >= 0.3 is 0 Å². The number of primary amides is 1. The molecule has 8 heteroatoms. The van der Waals surface area contributed by atoms with E-state index >= 15 is 0 Å². The number of hydrogen-bond acceptors (Lipinski definition) is 6. The highest BCUT2D eigenvalue weighted by Crippen LogP contribution is 2.40. The molecule has 5 rings (SSSR count). The quantitative estimate of drug-likeness (QED) is 0.366. The second kappa shape index (κ2) is 8.88. The smallest absolute Gasteiger partial charge is 0.288 e. The Morgan fingerprint density at radius 3 is 2.25 bits per heavy atom. The van der Waals surface area contributed by atoms with E-state index in [2.05, 4.69) is 64.5 Å². The van der Waals surface area contributed by atoms with E-state index in [4.69, 9.17) is 10.2 Å². The molecular formula is C28H26N6O2. The maximum Gasteiger partial charge on any atom is 0.288 e. The second-order valence-corrected chi connectivity index (χ2v) is 9.18. The van der Waals surface area contributed by atoms with Gasteiger partial charge in [-0.25, -0.2) is 9.67 Å². The number of hydrogen-bond donors (Lipinski definition) is 1. The van der Waals surface area contributed by atoms with Gasteiger partial charge in [-0.15, -0.1) is 15.3 Å². The highest BCUT2D eigenvalue weighted by Gasteiger charge is 2.28. The average Bonchev–Trinajstić information content (AvgIpc) is 3.50. The molecule has 0 atom stereocenters. The molecule has 8 nitrogen and oxygen atoms in total. The first-order chi connectivity index (χ1) is 17.2. The zero-order valence-corrected chi connectivity index (χ0v) is 20.6. The molecule has 2 N–H and O–H groups in total. The molecule has 0 saturated heterocycles.